The van der Waals surface area contributed by atoms with E-state index in [1.165, 1.54) is 6.92 Å². The van der Waals surface area contributed by atoms with E-state index in [2.05, 4.69) is 5.32 Å². The molecule has 5 heteroatoms. The Balaban J connectivity index is 2.39. The van der Waals surface area contributed by atoms with Crippen LogP contribution in [-0.2, 0) is 14.4 Å². The molecule has 72 valence electrons. The maximum atomic E-state index is 11.3. The molecule has 1 aliphatic carbocycles. The average Bonchev–Trinajstić information content (AvgIpc) is 2.85. The van der Waals surface area contributed by atoms with Gasteiger partial charge in [0.1, 0.15) is 0 Å². The number of amides is 1. The fraction of sp³-hybridized carbons (Fsp3) is 0.625. The normalized spacial score (nSPS) is 17.6. The van der Waals surface area contributed by atoms with Crippen molar-refractivity contribution >= 4 is 17.7 Å². The van der Waals surface area contributed by atoms with Crippen molar-refractivity contribution in [3.63, 3.8) is 0 Å². The number of Topliss-reactive ketones (excluding diaryl/α,β-unsaturated/α-hetero) is 1. The van der Waals surface area contributed by atoms with Crippen molar-refractivity contribution in [1.82, 2.24) is 5.32 Å². The number of rotatable bonds is 3. The largest absolute Gasteiger partial charge is 0.474 e. The molecule has 0 aliphatic heterocycles. The summed E-state index contributed by atoms with van der Waals surface area (Å²) in [5.74, 6) is -2.73. The molecular weight excluding hydrogens is 174 g/mol. The van der Waals surface area contributed by atoms with Gasteiger partial charge in [0.2, 0.25) is 0 Å². The second kappa shape index (κ2) is 3.55. The van der Waals surface area contributed by atoms with Crippen molar-refractivity contribution in [2.45, 2.75) is 25.8 Å². The molecule has 0 heterocycles. The smallest absolute Gasteiger partial charge is 0.394 e. The molecule has 0 saturated heterocycles. The Labute approximate surface area is 75.1 Å². The molecule has 2 N–H and O–H groups in total. The summed E-state index contributed by atoms with van der Waals surface area (Å²) in [6, 6.07) is -0.684. The Morgan fingerprint density at radius 1 is 1.38 bits per heavy atom. The van der Waals surface area contributed by atoms with Crippen molar-refractivity contribution in [2.24, 2.45) is 5.92 Å². The molecule has 1 aliphatic rings. The van der Waals surface area contributed by atoms with E-state index in [0.717, 1.165) is 12.8 Å². The van der Waals surface area contributed by atoms with Gasteiger partial charge >= 0.3 is 11.9 Å². The first kappa shape index (κ1) is 9.70. The predicted octanol–water partition coefficient (Wildman–Crippen LogP) is -0.445. The van der Waals surface area contributed by atoms with Gasteiger partial charge in [0.15, 0.2) is 5.78 Å². The van der Waals surface area contributed by atoms with Crippen molar-refractivity contribution in [2.75, 3.05) is 0 Å². The summed E-state index contributed by atoms with van der Waals surface area (Å²) in [4.78, 5) is 32.0. The maximum absolute atomic E-state index is 11.3. The molecule has 0 aromatic rings. The highest BCUT2D eigenvalue weighted by Crippen LogP contribution is 2.30. The monoisotopic (exact) mass is 185 g/mol. The van der Waals surface area contributed by atoms with Gasteiger partial charge in [-0.2, -0.15) is 0 Å². The third-order valence-corrected chi connectivity index (χ3v) is 1.95. The number of hydrogen-bond donors (Lipinski definition) is 2. The molecular formula is C8H11NO4. The SMILES string of the molecule is CC(NC(=O)C(=O)O)C(=O)C1CC1. The van der Waals surface area contributed by atoms with E-state index in [9.17, 15) is 14.4 Å². The van der Waals surface area contributed by atoms with Crippen molar-refractivity contribution in [1.29, 1.82) is 0 Å². The Morgan fingerprint density at radius 2 is 1.92 bits per heavy atom. The quantitative estimate of drug-likeness (QED) is 0.583. The van der Waals surface area contributed by atoms with Gasteiger partial charge in [-0.05, 0) is 19.8 Å². The maximum Gasteiger partial charge on any atom is 0.394 e. The van der Waals surface area contributed by atoms with Crippen molar-refractivity contribution < 1.29 is 19.5 Å². The zero-order chi connectivity index (χ0) is 10.0. The average molecular weight is 185 g/mol. The highest BCUT2D eigenvalue weighted by atomic mass is 16.4. The molecule has 1 saturated carbocycles. The topological polar surface area (TPSA) is 83.5 Å². The summed E-state index contributed by atoms with van der Waals surface area (Å²) in [7, 11) is 0. The summed E-state index contributed by atoms with van der Waals surface area (Å²) < 4.78 is 0. The van der Waals surface area contributed by atoms with Gasteiger partial charge in [-0.1, -0.05) is 0 Å². The lowest BCUT2D eigenvalue weighted by atomic mass is 10.1. The van der Waals surface area contributed by atoms with E-state index in [4.69, 9.17) is 5.11 Å². The molecule has 0 aromatic carbocycles. The van der Waals surface area contributed by atoms with Crippen LogP contribution in [0.3, 0.4) is 0 Å². The first-order valence-corrected chi connectivity index (χ1v) is 4.10. The second-order valence-electron chi connectivity index (χ2n) is 3.18. The van der Waals surface area contributed by atoms with Gasteiger partial charge in [0.25, 0.3) is 0 Å². The number of hydrogen-bond acceptors (Lipinski definition) is 3. The van der Waals surface area contributed by atoms with Crippen LogP contribution in [0.1, 0.15) is 19.8 Å². The van der Waals surface area contributed by atoms with Crippen molar-refractivity contribution in [3.05, 3.63) is 0 Å². The van der Waals surface area contributed by atoms with Crippen LogP contribution in [0.4, 0.5) is 0 Å². The van der Waals surface area contributed by atoms with E-state index in [1.807, 2.05) is 0 Å². The summed E-state index contributed by atoms with van der Waals surface area (Å²) in [5, 5.41) is 10.4. The first-order valence-electron chi connectivity index (χ1n) is 4.10. The number of nitrogens with one attached hydrogen (secondary N) is 1. The van der Waals surface area contributed by atoms with Crippen LogP contribution in [0.15, 0.2) is 0 Å². The van der Waals surface area contributed by atoms with E-state index < -0.39 is 17.9 Å². The molecule has 1 amide bonds. The van der Waals surface area contributed by atoms with Crippen LogP contribution in [-0.4, -0.2) is 28.8 Å². The Kier molecular flexibility index (Phi) is 2.65. The Bertz CT molecular complexity index is 257. The van der Waals surface area contributed by atoms with Gasteiger partial charge < -0.3 is 10.4 Å². The van der Waals surface area contributed by atoms with Gasteiger partial charge in [-0.25, -0.2) is 4.79 Å². The Morgan fingerprint density at radius 3 is 2.31 bits per heavy atom. The summed E-state index contributed by atoms with van der Waals surface area (Å²) in [6.07, 6.45) is 1.71. The predicted molar refractivity (Wildman–Crippen MR) is 43.0 cm³/mol. The standard InChI is InChI=1S/C8H11NO4/c1-4(6(10)5-2-3-5)9-7(11)8(12)13/h4-5H,2-3H2,1H3,(H,9,11)(H,12,13). The minimum absolute atomic E-state index is 0.0316. The number of carboxylic acid groups (broad SMARTS) is 1. The minimum atomic E-state index is -1.56. The van der Waals surface area contributed by atoms with E-state index in [0.29, 0.717) is 0 Å². The van der Waals surface area contributed by atoms with E-state index >= 15 is 0 Å². The molecule has 0 bridgehead atoms. The second-order valence-corrected chi connectivity index (χ2v) is 3.18. The highest BCUT2D eigenvalue weighted by Gasteiger charge is 2.33. The number of aliphatic carboxylic acids is 1. The van der Waals surface area contributed by atoms with Crippen LogP contribution in [0, 0.1) is 5.92 Å². The first-order chi connectivity index (χ1) is 6.02. The fourth-order valence-electron chi connectivity index (χ4n) is 1.05. The molecule has 5 nitrogen and oxygen atoms in total. The van der Waals surface area contributed by atoms with Gasteiger partial charge in [0, 0.05) is 5.92 Å². The van der Waals surface area contributed by atoms with Crippen LogP contribution < -0.4 is 5.32 Å². The molecule has 0 aromatic heterocycles. The lowest BCUT2D eigenvalue weighted by Crippen LogP contribution is -2.42. The summed E-state index contributed by atoms with van der Waals surface area (Å²) >= 11 is 0. The third kappa shape index (κ3) is 2.54. The van der Waals surface area contributed by atoms with Crippen LogP contribution in [0.5, 0.6) is 0 Å². The molecule has 1 rings (SSSR count). The molecule has 1 fully saturated rings. The lowest BCUT2D eigenvalue weighted by Gasteiger charge is -2.09. The molecule has 0 spiro atoms. The van der Waals surface area contributed by atoms with Crippen LogP contribution in [0.25, 0.3) is 0 Å². The van der Waals surface area contributed by atoms with E-state index in [-0.39, 0.29) is 11.7 Å². The number of ketones is 1. The molecule has 13 heavy (non-hydrogen) atoms. The fourth-order valence-corrected chi connectivity index (χ4v) is 1.05. The lowest BCUT2D eigenvalue weighted by molar-refractivity contribution is -0.150. The Hall–Kier alpha value is -1.39. The van der Waals surface area contributed by atoms with Gasteiger partial charge in [-0.15, -0.1) is 0 Å². The van der Waals surface area contributed by atoms with Crippen LogP contribution >= 0.6 is 0 Å². The van der Waals surface area contributed by atoms with Crippen molar-refractivity contribution in [3.8, 4) is 0 Å². The highest BCUT2D eigenvalue weighted by molar-refractivity contribution is 6.32. The minimum Gasteiger partial charge on any atom is -0.474 e. The third-order valence-electron chi connectivity index (χ3n) is 1.95. The zero-order valence-electron chi connectivity index (χ0n) is 7.24. The van der Waals surface area contributed by atoms with E-state index in [1.54, 1.807) is 0 Å². The molecule has 0 radical (unpaired) electrons. The molecule has 1 unspecified atom stereocenters. The zero-order valence-corrected chi connectivity index (χ0v) is 7.24. The number of carbonyl (C=O) groups excluding carboxylic acids is 2. The number of carboxylic acids is 1. The molecule has 1 atom stereocenters. The summed E-state index contributed by atoms with van der Waals surface area (Å²) in [6.45, 7) is 1.50. The van der Waals surface area contributed by atoms with Crippen LogP contribution in [0.2, 0.25) is 0 Å². The van der Waals surface area contributed by atoms with Gasteiger partial charge in [0.05, 0.1) is 6.04 Å². The van der Waals surface area contributed by atoms with Gasteiger partial charge in [-0.3, -0.25) is 9.59 Å². The summed E-state index contributed by atoms with van der Waals surface area (Å²) in [5.41, 5.74) is 0. The number of carbonyl (C=O) groups is 3.